The predicted octanol–water partition coefficient (Wildman–Crippen LogP) is 3.50. The van der Waals surface area contributed by atoms with Crippen molar-refractivity contribution in [1.82, 2.24) is 4.98 Å². The summed E-state index contributed by atoms with van der Waals surface area (Å²) in [5.74, 6) is -0.118. The van der Waals surface area contributed by atoms with E-state index in [1.54, 1.807) is 36.4 Å². The van der Waals surface area contributed by atoms with Gasteiger partial charge >= 0.3 is 0 Å². The van der Waals surface area contributed by atoms with Gasteiger partial charge in [0.25, 0.3) is 15.9 Å². The molecule has 0 saturated carbocycles. The number of sulfonamides is 1. The second-order valence-electron chi connectivity index (χ2n) is 5.29. The fraction of sp³-hybridized carbons (Fsp3) is 0.0588. The van der Waals surface area contributed by atoms with Crippen LogP contribution in [0.2, 0.25) is 0 Å². The number of hydrogen-bond donors (Lipinski definition) is 2. The monoisotopic (exact) mass is 373 g/mol. The number of para-hydroxylation sites is 1. The molecule has 3 rings (SSSR count). The molecule has 6 nitrogen and oxygen atoms in total. The van der Waals surface area contributed by atoms with Crippen molar-refractivity contribution < 1.29 is 13.2 Å². The number of carbonyl (C=O) groups excluding carboxylic acids is 1. The molecule has 0 fully saturated rings. The van der Waals surface area contributed by atoms with Crippen molar-refractivity contribution in [3.63, 3.8) is 0 Å². The molecule has 0 atom stereocenters. The molecule has 1 aromatic carbocycles. The Balaban J connectivity index is 1.77. The van der Waals surface area contributed by atoms with Crippen LogP contribution in [0.25, 0.3) is 0 Å². The van der Waals surface area contributed by atoms with E-state index in [4.69, 9.17) is 0 Å². The molecular weight excluding hydrogens is 358 g/mol. The predicted molar refractivity (Wildman–Crippen MR) is 98.5 cm³/mol. The minimum Gasteiger partial charge on any atom is -0.321 e. The van der Waals surface area contributed by atoms with Gasteiger partial charge in [-0.25, -0.2) is 13.4 Å². The maximum Gasteiger partial charge on any atom is 0.265 e. The molecule has 0 aliphatic carbocycles. The summed E-state index contributed by atoms with van der Waals surface area (Å²) in [7, 11) is -3.80. The summed E-state index contributed by atoms with van der Waals surface area (Å²) in [6, 6.07) is 13.7. The summed E-state index contributed by atoms with van der Waals surface area (Å²) in [5.41, 5.74) is 1.54. The van der Waals surface area contributed by atoms with Crippen LogP contribution < -0.4 is 10.0 Å². The van der Waals surface area contributed by atoms with Crippen LogP contribution in [0.3, 0.4) is 0 Å². The van der Waals surface area contributed by atoms with Gasteiger partial charge in [-0.3, -0.25) is 9.52 Å². The fourth-order valence-electron chi connectivity index (χ4n) is 2.08. The standard InChI is InChI=1S/C17H15N3O3S2/c1-12-7-8-18-16(9-12)20-25(22,23)14-10-15(24-11-14)17(21)19-13-5-3-2-4-6-13/h2-11H,1H3,(H,18,20)(H,19,21). The molecule has 3 aromatic rings. The number of carbonyl (C=O) groups is 1. The van der Waals surface area contributed by atoms with Crippen LogP contribution in [0.15, 0.2) is 65.0 Å². The van der Waals surface area contributed by atoms with E-state index in [9.17, 15) is 13.2 Å². The van der Waals surface area contributed by atoms with Crippen LogP contribution in [-0.2, 0) is 10.0 Å². The summed E-state index contributed by atoms with van der Waals surface area (Å²) < 4.78 is 27.3. The average Bonchev–Trinajstić information content (AvgIpc) is 3.06. The van der Waals surface area contributed by atoms with Crippen LogP contribution >= 0.6 is 11.3 Å². The molecule has 0 bridgehead atoms. The lowest BCUT2D eigenvalue weighted by Gasteiger charge is -2.06. The molecular formula is C17H15N3O3S2. The average molecular weight is 373 g/mol. The maximum absolute atomic E-state index is 12.4. The van der Waals surface area contributed by atoms with E-state index in [2.05, 4.69) is 15.0 Å². The number of aryl methyl sites for hydroxylation is 1. The zero-order chi connectivity index (χ0) is 17.9. The van der Waals surface area contributed by atoms with Gasteiger partial charge in [0.2, 0.25) is 0 Å². The highest BCUT2D eigenvalue weighted by Gasteiger charge is 2.19. The van der Waals surface area contributed by atoms with Gasteiger partial charge in [0.15, 0.2) is 0 Å². The van der Waals surface area contributed by atoms with Crippen molar-refractivity contribution in [1.29, 1.82) is 0 Å². The number of amides is 1. The molecule has 2 N–H and O–H groups in total. The topological polar surface area (TPSA) is 88.2 Å². The smallest absolute Gasteiger partial charge is 0.265 e. The number of nitrogens with one attached hydrogen (secondary N) is 2. The van der Waals surface area contributed by atoms with Gasteiger partial charge in [0.1, 0.15) is 5.82 Å². The second kappa shape index (κ2) is 7.04. The van der Waals surface area contributed by atoms with Gasteiger partial charge in [-0.05, 0) is 42.8 Å². The van der Waals surface area contributed by atoms with Gasteiger partial charge in [0.05, 0.1) is 9.77 Å². The first kappa shape index (κ1) is 17.1. The van der Waals surface area contributed by atoms with Crippen LogP contribution in [0.4, 0.5) is 11.5 Å². The second-order valence-corrected chi connectivity index (χ2v) is 7.88. The Kier molecular flexibility index (Phi) is 4.82. The Labute approximate surface area is 149 Å². The highest BCUT2D eigenvalue weighted by molar-refractivity contribution is 7.92. The van der Waals surface area contributed by atoms with Gasteiger partial charge in [0, 0.05) is 17.3 Å². The number of pyridine rings is 1. The molecule has 8 heteroatoms. The molecule has 25 heavy (non-hydrogen) atoms. The fourth-order valence-corrected chi connectivity index (χ4v) is 4.25. The van der Waals surface area contributed by atoms with Crippen molar-refractivity contribution in [2.45, 2.75) is 11.8 Å². The zero-order valence-corrected chi connectivity index (χ0v) is 14.9. The number of nitrogens with zero attached hydrogens (tertiary/aromatic N) is 1. The molecule has 2 aromatic heterocycles. The van der Waals surface area contributed by atoms with E-state index in [0.717, 1.165) is 16.9 Å². The number of hydrogen-bond acceptors (Lipinski definition) is 5. The molecule has 0 aliphatic rings. The summed E-state index contributed by atoms with van der Waals surface area (Å²) in [6.45, 7) is 1.84. The molecule has 0 radical (unpaired) electrons. The van der Waals surface area contributed by atoms with Gasteiger partial charge in [-0.2, -0.15) is 0 Å². The lowest BCUT2D eigenvalue weighted by molar-refractivity contribution is 0.103. The van der Waals surface area contributed by atoms with E-state index in [1.807, 2.05) is 13.0 Å². The van der Waals surface area contributed by atoms with E-state index in [0.29, 0.717) is 10.6 Å². The third-order valence-corrected chi connectivity index (χ3v) is 5.71. The molecule has 1 amide bonds. The van der Waals surface area contributed by atoms with Crippen molar-refractivity contribution in [2.24, 2.45) is 0 Å². The van der Waals surface area contributed by atoms with E-state index >= 15 is 0 Å². The molecule has 128 valence electrons. The summed E-state index contributed by atoms with van der Waals surface area (Å²) in [4.78, 5) is 16.5. The minimum absolute atomic E-state index is 0.0269. The minimum atomic E-state index is -3.80. The first-order valence-corrected chi connectivity index (χ1v) is 9.71. The number of benzene rings is 1. The van der Waals surface area contributed by atoms with Crippen LogP contribution in [0.5, 0.6) is 0 Å². The van der Waals surface area contributed by atoms with Crippen LogP contribution in [-0.4, -0.2) is 19.3 Å². The van der Waals surface area contributed by atoms with Gasteiger partial charge in [-0.15, -0.1) is 11.3 Å². The van der Waals surface area contributed by atoms with E-state index in [-0.39, 0.29) is 16.6 Å². The Bertz CT molecular complexity index is 999. The number of thiophene rings is 1. The largest absolute Gasteiger partial charge is 0.321 e. The number of aromatic nitrogens is 1. The zero-order valence-electron chi connectivity index (χ0n) is 13.3. The van der Waals surface area contributed by atoms with Gasteiger partial charge in [-0.1, -0.05) is 18.2 Å². The van der Waals surface area contributed by atoms with Crippen LogP contribution in [0, 0.1) is 6.92 Å². The Morgan fingerprint density at radius 2 is 1.88 bits per heavy atom. The third-order valence-electron chi connectivity index (χ3n) is 3.30. The van der Waals surface area contributed by atoms with E-state index < -0.39 is 10.0 Å². The molecule has 2 heterocycles. The summed E-state index contributed by atoms with van der Waals surface area (Å²) >= 11 is 1.07. The summed E-state index contributed by atoms with van der Waals surface area (Å²) in [5, 5.41) is 4.15. The number of anilines is 2. The summed E-state index contributed by atoms with van der Waals surface area (Å²) in [6.07, 6.45) is 1.53. The number of rotatable bonds is 5. The van der Waals surface area contributed by atoms with Crippen molar-refractivity contribution in [2.75, 3.05) is 10.0 Å². The van der Waals surface area contributed by atoms with Gasteiger partial charge < -0.3 is 5.32 Å². The highest BCUT2D eigenvalue weighted by atomic mass is 32.2. The lowest BCUT2D eigenvalue weighted by Crippen LogP contribution is -2.14. The maximum atomic E-state index is 12.4. The van der Waals surface area contributed by atoms with Crippen molar-refractivity contribution in [3.8, 4) is 0 Å². The Morgan fingerprint density at radius 1 is 1.12 bits per heavy atom. The normalized spacial score (nSPS) is 11.1. The lowest BCUT2D eigenvalue weighted by atomic mass is 10.3. The quantitative estimate of drug-likeness (QED) is 0.716. The Morgan fingerprint density at radius 3 is 2.60 bits per heavy atom. The molecule has 0 aliphatic heterocycles. The molecule has 0 spiro atoms. The van der Waals surface area contributed by atoms with Crippen molar-refractivity contribution >= 4 is 38.8 Å². The first-order chi connectivity index (χ1) is 11.9. The first-order valence-electron chi connectivity index (χ1n) is 7.34. The highest BCUT2D eigenvalue weighted by Crippen LogP contribution is 2.22. The Hall–Kier alpha value is -2.71. The van der Waals surface area contributed by atoms with E-state index in [1.165, 1.54) is 17.6 Å². The molecule has 0 saturated heterocycles. The SMILES string of the molecule is Cc1ccnc(NS(=O)(=O)c2csc(C(=O)Nc3ccccc3)c2)c1. The van der Waals surface area contributed by atoms with Crippen molar-refractivity contribution in [3.05, 3.63) is 70.5 Å². The molecule has 0 unspecified atom stereocenters. The third kappa shape index (κ3) is 4.23. The van der Waals surface area contributed by atoms with Crippen LogP contribution in [0.1, 0.15) is 15.2 Å².